The van der Waals surface area contributed by atoms with Crippen molar-refractivity contribution in [1.82, 2.24) is 5.32 Å². The second kappa shape index (κ2) is 7.21. The molecule has 1 aromatic rings. The SMILES string of the molecule is CCCN=C1NC(=O)C(CC(=O)Nc2ccccc2F)S1. The molecule has 1 saturated heterocycles. The number of amidine groups is 1. The van der Waals surface area contributed by atoms with E-state index in [0.29, 0.717) is 11.7 Å². The fourth-order valence-electron chi connectivity index (χ4n) is 1.76. The molecule has 112 valence electrons. The highest BCUT2D eigenvalue weighted by molar-refractivity contribution is 8.15. The van der Waals surface area contributed by atoms with E-state index in [2.05, 4.69) is 15.6 Å². The van der Waals surface area contributed by atoms with Crippen molar-refractivity contribution >= 4 is 34.4 Å². The van der Waals surface area contributed by atoms with Crippen LogP contribution in [0.5, 0.6) is 0 Å². The van der Waals surface area contributed by atoms with Gasteiger partial charge in [0.1, 0.15) is 11.1 Å². The van der Waals surface area contributed by atoms with Gasteiger partial charge < -0.3 is 10.6 Å². The minimum absolute atomic E-state index is 0.0179. The van der Waals surface area contributed by atoms with Crippen LogP contribution >= 0.6 is 11.8 Å². The Labute approximate surface area is 126 Å². The van der Waals surface area contributed by atoms with E-state index >= 15 is 0 Å². The van der Waals surface area contributed by atoms with Gasteiger partial charge in [0, 0.05) is 13.0 Å². The fourth-order valence-corrected chi connectivity index (χ4v) is 2.76. The molecule has 1 aliphatic rings. The average Bonchev–Trinajstić information content (AvgIpc) is 2.79. The van der Waals surface area contributed by atoms with Gasteiger partial charge in [0.05, 0.1) is 5.69 Å². The number of hydrogen-bond donors (Lipinski definition) is 2. The summed E-state index contributed by atoms with van der Waals surface area (Å²) in [7, 11) is 0. The third kappa shape index (κ3) is 4.29. The summed E-state index contributed by atoms with van der Waals surface area (Å²) < 4.78 is 13.4. The van der Waals surface area contributed by atoms with E-state index in [1.807, 2.05) is 6.92 Å². The summed E-state index contributed by atoms with van der Waals surface area (Å²) in [6.07, 6.45) is 0.869. The number of nitrogens with one attached hydrogen (secondary N) is 2. The monoisotopic (exact) mass is 309 g/mol. The fraction of sp³-hybridized carbons (Fsp3) is 0.357. The van der Waals surface area contributed by atoms with Crippen molar-refractivity contribution in [2.45, 2.75) is 25.0 Å². The third-order valence-corrected chi connectivity index (χ3v) is 3.89. The van der Waals surface area contributed by atoms with E-state index in [4.69, 9.17) is 0 Å². The van der Waals surface area contributed by atoms with Gasteiger partial charge in [-0.3, -0.25) is 14.6 Å². The number of amides is 2. The Morgan fingerprint density at radius 1 is 1.48 bits per heavy atom. The predicted molar refractivity (Wildman–Crippen MR) is 81.8 cm³/mol. The minimum Gasteiger partial charge on any atom is -0.324 e. The lowest BCUT2D eigenvalue weighted by Gasteiger charge is -2.07. The van der Waals surface area contributed by atoms with Crippen molar-refractivity contribution in [2.24, 2.45) is 4.99 Å². The Hall–Kier alpha value is -1.89. The molecule has 0 bridgehead atoms. The average molecular weight is 309 g/mol. The van der Waals surface area contributed by atoms with Gasteiger partial charge in [0.15, 0.2) is 5.17 Å². The third-order valence-electron chi connectivity index (χ3n) is 2.77. The largest absolute Gasteiger partial charge is 0.324 e. The first-order chi connectivity index (χ1) is 10.1. The summed E-state index contributed by atoms with van der Waals surface area (Å²) in [6.45, 7) is 2.63. The maximum atomic E-state index is 13.4. The number of halogens is 1. The van der Waals surface area contributed by atoms with Gasteiger partial charge in [-0.05, 0) is 18.6 Å². The highest BCUT2D eigenvalue weighted by Crippen LogP contribution is 2.23. The Balaban J connectivity index is 1.91. The molecule has 1 unspecified atom stereocenters. The topological polar surface area (TPSA) is 70.6 Å². The maximum absolute atomic E-state index is 13.4. The molecule has 1 atom stereocenters. The molecule has 5 nitrogen and oxygen atoms in total. The number of nitrogens with zero attached hydrogens (tertiary/aromatic N) is 1. The quantitative estimate of drug-likeness (QED) is 0.875. The van der Waals surface area contributed by atoms with Crippen LogP contribution < -0.4 is 10.6 Å². The van der Waals surface area contributed by atoms with Gasteiger partial charge in [-0.1, -0.05) is 30.8 Å². The minimum atomic E-state index is -0.521. The van der Waals surface area contributed by atoms with Crippen molar-refractivity contribution in [3.8, 4) is 0 Å². The van der Waals surface area contributed by atoms with E-state index in [9.17, 15) is 14.0 Å². The van der Waals surface area contributed by atoms with Gasteiger partial charge in [-0.25, -0.2) is 4.39 Å². The Morgan fingerprint density at radius 2 is 2.24 bits per heavy atom. The van der Waals surface area contributed by atoms with Gasteiger partial charge in [-0.2, -0.15) is 0 Å². The second-order valence-electron chi connectivity index (χ2n) is 4.51. The van der Waals surface area contributed by atoms with Crippen molar-refractivity contribution in [3.05, 3.63) is 30.1 Å². The van der Waals surface area contributed by atoms with E-state index in [1.54, 1.807) is 12.1 Å². The van der Waals surface area contributed by atoms with Gasteiger partial charge in [0.25, 0.3) is 0 Å². The molecule has 21 heavy (non-hydrogen) atoms. The first-order valence-corrected chi connectivity index (χ1v) is 7.54. The van der Waals surface area contributed by atoms with Crippen LogP contribution in [0.4, 0.5) is 10.1 Å². The van der Waals surface area contributed by atoms with Crippen molar-refractivity contribution < 1.29 is 14.0 Å². The number of thioether (sulfide) groups is 1. The first kappa shape index (κ1) is 15.5. The van der Waals surface area contributed by atoms with E-state index in [1.165, 1.54) is 23.9 Å². The van der Waals surface area contributed by atoms with Gasteiger partial charge >= 0.3 is 0 Å². The van der Waals surface area contributed by atoms with Crippen LogP contribution in [-0.4, -0.2) is 28.8 Å². The predicted octanol–water partition coefficient (Wildman–Crippen LogP) is 2.15. The zero-order chi connectivity index (χ0) is 15.2. The molecule has 0 aliphatic carbocycles. The summed E-state index contributed by atoms with van der Waals surface area (Å²) in [6, 6.07) is 5.92. The molecule has 1 aromatic carbocycles. The van der Waals surface area contributed by atoms with Crippen LogP contribution in [0.2, 0.25) is 0 Å². The number of para-hydroxylation sites is 1. The molecule has 2 amide bonds. The van der Waals surface area contributed by atoms with Gasteiger partial charge in [-0.15, -0.1) is 0 Å². The Bertz CT molecular complexity index is 577. The highest BCUT2D eigenvalue weighted by atomic mass is 32.2. The number of aliphatic imine (C=N–C) groups is 1. The van der Waals surface area contributed by atoms with Crippen LogP contribution in [0.3, 0.4) is 0 Å². The molecule has 0 radical (unpaired) electrons. The van der Waals surface area contributed by atoms with Gasteiger partial charge in [0.2, 0.25) is 11.8 Å². The summed E-state index contributed by atoms with van der Waals surface area (Å²) >= 11 is 1.24. The number of carbonyl (C=O) groups is 2. The lowest BCUT2D eigenvalue weighted by Crippen LogP contribution is -2.28. The molecule has 0 spiro atoms. The molecule has 1 aliphatic heterocycles. The molecule has 1 heterocycles. The van der Waals surface area contributed by atoms with Crippen molar-refractivity contribution in [1.29, 1.82) is 0 Å². The summed E-state index contributed by atoms with van der Waals surface area (Å²) in [5.74, 6) is -1.14. The smallest absolute Gasteiger partial charge is 0.240 e. The maximum Gasteiger partial charge on any atom is 0.240 e. The Kier molecular flexibility index (Phi) is 5.32. The molecule has 0 saturated carbocycles. The van der Waals surface area contributed by atoms with Crippen LogP contribution in [0.1, 0.15) is 19.8 Å². The second-order valence-corrected chi connectivity index (χ2v) is 5.71. The number of anilines is 1. The van der Waals surface area contributed by atoms with E-state index < -0.39 is 17.0 Å². The summed E-state index contributed by atoms with van der Waals surface area (Å²) in [5.41, 5.74) is 0.116. The van der Waals surface area contributed by atoms with Crippen molar-refractivity contribution in [2.75, 3.05) is 11.9 Å². The normalized spacial score (nSPS) is 19.6. The summed E-state index contributed by atoms with van der Waals surface area (Å²) in [4.78, 5) is 27.8. The van der Waals surface area contributed by atoms with Crippen molar-refractivity contribution in [3.63, 3.8) is 0 Å². The molecule has 0 aromatic heterocycles. The molecule has 2 N–H and O–H groups in total. The standard InChI is InChI=1S/C14H16FN3O2S/c1-2-7-16-14-18-13(20)11(21-14)8-12(19)17-10-6-4-3-5-9(10)15/h3-6,11H,2,7-8H2,1H3,(H,17,19)(H,16,18,20). The lowest BCUT2D eigenvalue weighted by molar-refractivity contribution is -0.122. The zero-order valence-corrected chi connectivity index (χ0v) is 12.4. The molecule has 7 heteroatoms. The number of benzene rings is 1. The van der Waals surface area contributed by atoms with Crippen LogP contribution in [0, 0.1) is 5.82 Å². The highest BCUT2D eigenvalue weighted by Gasteiger charge is 2.31. The number of carbonyl (C=O) groups excluding carboxylic acids is 2. The number of hydrogen-bond acceptors (Lipinski definition) is 4. The Morgan fingerprint density at radius 3 is 2.95 bits per heavy atom. The van der Waals surface area contributed by atoms with Crippen LogP contribution in [-0.2, 0) is 9.59 Å². The van der Waals surface area contributed by atoms with E-state index in [0.717, 1.165) is 6.42 Å². The first-order valence-electron chi connectivity index (χ1n) is 6.66. The molecular weight excluding hydrogens is 293 g/mol. The van der Waals surface area contributed by atoms with Crippen LogP contribution in [0.15, 0.2) is 29.3 Å². The number of rotatable bonds is 5. The molecule has 1 fully saturated rings. The zero-order valence-electron chi connectivity index (χ0n) is 11.6. The van der Waals surface area contributed by atoms with Crippen LogP contribution in [0.25, 0.3) is 0 Å². The molecule has 2 rings (SSSR count). The van der Waals surface area contributed by atoms with E-state index in [-0.39, 0.29) is 18.0 Å². The summed E-state index contributed by atoms with van der Waals surface area (Å²) in [5, 5.41) is 5.13. The molecular formula is C14H16FN3O2S. The lowest BCUT2D eigenvalue weighted by atomic mass is 10.2.